The quantitative estimate of drug-likeness (QED) is 0.732. The number of rotatable bonds is 4. The molecule has 0 saturated carbocycles. The fourth-order valence-corrected chi connectivity index (χ4v) is 2.33. The number of piperazine rings is 1. The van der Waals surface area contributed by atoms with Crippen molar-refractivity contribution in [2.24, 2.45) is 0 Å². The van der Waals surface area contributed by atoms with Crippen LogP contribution in [-0.2, 0) is 4.74 Å². The molecule has 1 N–H and O–H groups in total. The van der Waals surface area contributed by atoms with Crippen molar-refractivity contribution in [1.82, 2.24) is 15.1 Å². The van der Waals surface area contributed by atoms with Crippen LogP contribution < -0.4 is 5.32 Å². The van der Waals surface area contributed by atoms with Gasteiger partial charge >= 0.3 is 0 Å². The predicted octanol–water partition coefficient (Wildman–Crippen LogP) is 0.000800. The summed E-state index contributed by atoms with van der Waals surface area (Å²) in [5.74, 6) is 0. The van der Waals surface area contributed by atoms with Gasteiger partial charge in [0, 0.05) is 45.3 Å². The lowest BCUT2D eigenvalue weighted by Gasteiger charge is -2.41. The minimum absolute atomic E-state index is 0.109. The molecule has 0 amide bonds. The third kappa shape index (κ3) is 2.94. The Hall–Kier alpha value is -0.160. The molecule has 0 aromatic carbocycles. The molecule has 0 aliphatic carbocycles. The highest BCUT2D eigenvalue weighted by molar-refractivity contribution is 4.90. The van der Waals surface area contributed by atoms with Gasteiger partial charge in [-0.15, -0.1) is 0 Å². The molecule has 2 aliphatic rings. The van der Waals surface area contributed by atoms with E-state index in [1.54, 1.807) is 0 Å². The molecule has 16 heavy (non-hydrogen) atoms. The lowest BCUT2D eigenvalue weighted by atomic mass is 10.0. The molecule has 4 nitrogen and oxygen atoms in total. The van der Waals surface area contributed by atoms with Crippen LogP contribution in [0.25, 0.3) is 0 Å². The second kappa shape index (κ2) is 5.00. The first-order valence-electron chi connectivity index (χ1n) is 6.36. The third-order valence-corrected chi connectivity index (χ3v) is 3.90. The van der Waals surface area contributed by atoms with Crippen molar-refractivity contribution in [1.29, 1.82) is 0 Å². The van der Waals surface area contributed by atoms with E-state index in [4.69, 9.17) is 4.74 Å². The Morgan fingerprint density at radius 1 is 1.38 bits per heavy atom. The summed E-state index contributed by atoms with van der Waals surface area (Å²) in [6, 6.07) is 0.676. The van der Waals surface area contributed by atoms with E-state index < -0.39 is 0 Å². The van der Waals surface area contributed by atoms with Gasteiger partial charge in [-0.25, -0.2) is 0 Å². The maximum absolute atomic E-state index is 5.91. The zero-order valence-corrected chi connectivity index (χ0v) is 10.8. The SMILES string of the molecule is CC1CN(CCOC2(C)CNC2)CCN1C. The summed E-state index contributed by atoms with van der Waals surface area (Å²) >= 11 is 0. The van der Waals surface area contributed by atoms with Crippen LogP contribution in [0.3, 0.4) is 0 Å². The topological polar surface area (TPSA) is 27.7 Å². The van der Waals surface area contributed by atoms with E-state index in [0.717, 1.165) is 26.2 Å². The molecule has 4 heteroatoms. The highest BCUT2D eigenvalue weighted by Crippen LogP contribution is 2.15. The second-order valence-corrected chi connectivity index (χ2v) is 5.53. The number of nitrogens with zero attached hydrogens (tertiary/aromatic N) is 2. The molecule has 1 atom stereocenters. The first kappa shape index (κ1) is 12.3. The first-order valence-corrected chi connectivity index (χ1v) is 6.36. The summed E-state index contributed by atoms with van der Waals surface area (Å²) in [5.41, 5.74) is 0.109. The van der Waals surface area contributed by atoms with E-state index in [1.807, 2.05) is 0 Å². The lowest BCUT2D eigenvalue weighted by molar-refractivity contribution is -0.0750. The average Bonchev–Trinajstić information content (AvgIpc) is 2.21. The fraction of sp³-hybridized carbons (Fsp3) is 1.00. The Bertz CT molecular complexity index is 230. The van der Waals surface area contributed by atoms with Crippen molar-refractivity contribution in [3.8, 4) is 0 Å². The van der Waals surface area contributed by atoms with Gasteiger partial charge in [0.1, 0.15) is 0 Å². The second-order valence-electron chi connectivity index (χ2n) is 5.53. The molecule has 0 bridgehead atoms. The number of hydrogen-bond acceptors (Lipinski definition) is 4. The van der Waals surface area contributed by atoms with Crippen molar-refractivity contribution in [3.05, 3.63) is 0 Å². The lowest BCUT2D eigenvalue weighted by Crippen LogP contribution is -2.59. The van der Waals surface area contributed by atoms with Crippen molar-refractivity contribution in [3.63, 3.8) is 0 Å². The van der Waals surface area contributed by atoms with E-state index in [1.165, 1.54) is 19.6 Å². The van der Waals surface area contributed by atoms with Gasteiger partial charge in [-0.05, 0) is 20.9 Å². The van der Waals surface area contributed by atoms with Gasteiger partial charge in [0.25, 0.3) is 0 Å². The van der Waals surface area contributed by atoms with Gasteiger partial charge < -0.3 is 15.0 Å². The van der Waals surface area contributed by atoms with Gasteiger partial charge in [0.2, 0.25) is 0 Å². The molecule has 1 unspecified atom stereocenters. The van der Waals surface area contributed by atoms with Crippen molar-refractivity contribution in [2.45, 2.75) is 25.5 Å². The average molecular weight is 227 g/mol. The minimum Gasteiger partial charge on any atom is -0.371 e. The summed E-state index contributed by atoms with van der Waals surface area (Å²) in [4.78, 5) is 4.94. The standard InChI is InChI=1S/C12H25N3O/c1-11-8-15(5-4-14(11)3)6-7-16-12(2)9-13-10-12/h11,13H,4-10H2,1-3H3. The Morgan fingerprint density at radius 3 is 2.69 bits per heavy atom. The maximum Gasteiger partial charge on any atom is 0.0902 e. The Kier molecular flexibility index (Phi) is 3.85. The van der Waals surface area contributed by atoms with Crippen LogP contribution in [-0.4, -0.2) is 74.4 Å². The number of hydrogen-bond donors (Lipinski definition) is 1. The van der Waals surface area contributed by atoms with Crippen molar-refractivity contribution >= 4 is 0 Å². The van der Waals surface area contributed by atoms with Crippen LogP contribution >= 0.6 is 0 Å². The summed E-state index contributed by atoms with van der Waals surface area (Å²) in [6.07, 6.45) is 0. The Balaban J connectivity index is 1.63. The third-order valence-electron chi connectivity index (χ3n) is 3.90. The van der Waals surface area contributed by atoms with Crippen LogP contribution in [0.1, 0.15) is 13.8 Å². The number of likely N-dealkylation sites (N-methyl/N-ethyl adjacent to an activating group) is 1. The van der Waals surface area contributed by atoms with Crippen molar-refractivity contribution < 1.29 is 4.74 Å². The maximum atomic E-state index is 5.91. The van der Waals surface area contributed by atoms with Crippen LogP contribution in [0.15, 0.2) is 0 Å². The van der Waals surface area contributed by atoms with Crippen LogP contribution in [0.4, 0.5) is 0 Å². The highest BCUT2D eigenvalue weighted by Gasteiger charge is 2.32. The zero-order valence-electron chi connectivity index (χ0n) is 10.8. The van der Waals surface area contributed by atoms with E-state index >= 15 is 0 Å². The molecule has 94 valence electrons. The normalized spacial score (nSPS) is 31.3. The molecule has 0 aromatic heterocycles. The molecule has 0 radical (unpaired) electrons. The van der Waals surface area contributed by atoms with Crippen molar-refractivity contribution in [2.75, 3.05) is 52.9 Å². The monoisotopic (exact) mass is 227 g/mol. The number of nitrogens with one attached hydrogen (secondary N) is 1. The largest absolute Gasteiger partial charge is 0.371 e. The zero-order chi connectivity index (χ0) is 11.6. The summed E-state index contributed by atoms with van der Waals surface area (Å²) < 4.78 is 5.91. The predicted molar refractivity (Wildman–Crippen MR) is 65.8 cm³/mol. The van der Waals surface area contributed by atoms with E-state index in [-0.39, 0.29) is 5.60 Å². The molecule has 0 aromatic rings. The minimum atomic E-state index is 0.109. The molecule has 0 spiro atoms. The smallest absolute Gasteiger partial charge is 0.0902 e. The van der Waals surface area contributed by atoms with Gasteiger partial charge in [-0.3, -0.25) is 4.90 Å². The highest BCUT2D eigenvalue weighted by atomic mass is 16.5. The first-order chi connectivity index (χ1) is 7.59. The Labute approximate surface area is 98.9 Å². The molecule has 2 heterocycles. The molecule has 2 fully saturated rings. The summed E-state index contributed by atoms with van der Waals surface area (Å²) in [6.45, 7) is 12.0. The fourth-order valence-electron chi connectivity index (χ4n) is 2.33. The summed E-state index contributed by atoms with van der Waals surface area (Å²) in [7, 11) is 2.21. The Morgan fingerprint density at radius 2 is 2.12 bits per heavy atom. The van der Waals surface area contributed by atoms with Gasteiger partial charge in [-0.1, -0.05) is 0 Å². The molecule has 2 rings (SSSR count). The molecular weight excluding hydrogens is 202 g/mol. The molecule has 2 saturated heterocycles. The van der Waals surface area contributed by atoms with E-state index in [9.17, 15) is 0 Å². The van der Waals surface area contributed by atoms with Crippen LogP contribution in [0.2, 0.25) is 0 Å². The van der Waals surface area contributed by atoms with Crippen LogP contribution in [0, 0.1) is 0 Å². The van der Waals surface area contributed by atoms with E-state index in [0.29, 0.717) is 6.04 Å². The van der Waals surface area contributed by atoms with Gasteiger partial charge in [0.15, 0.2) is 0 Å². The van der Waals surface area contributed by atoms with Crippen LogP contribution in [0.5, 0.6) is 0 Å². The number of ether oxygens (including phenoxy) is 1. The molecular formula is C12H25N3O. The van der Waals surface area contributed by atoms with E-state index in [2.05, 4.69) is 36.0 Å². The van der Waals surface area contributed by atoms with Gasteiger partial charge in [0.05, 0.1) is 12.2 Å². The van der Waals surface area contributed by atoms with Gasteiger partial charge in [-0.2, -0.15) is 0 Å². The summed E-state index contributed by atoms with van der Waals surface area (Å²) in [5, 5.41) is 3.26. The molecule has 2 aliphatic heterocycles.